The van der Waals surface area contributed by atoms with Crippen molar-refractivity contribution in [1.29, 1.82) is 0 Å². The highest BCUT2D eigenvalue weighted by atomic mass is 16.2. The number of anilines is 1. The number of benzene rings is 1. The molecule has 0 fully saturated rings. The van der Waals surface area contributed by atoms with Gasteiger partial charge in [-0.25, -0.2) is 0 Å². The fourth-order valence-electron chi connectivity index (χ4n) is 1.71. The Morgan fingerprint density at radius 2 is 1.75 bits per heavy atom. The topological polar surface area (TPSA) is 32.3 Å². The minimum absolute atomic E-state index is 0.0776. The van der Waals surface area contributed by atoms with Gasteiger partial charge in [0.05, 0.1) is 6.54 Å². The van der Waals surface area contributed by atoms with Gasteiger partial charge in [0.1, 0.15) is 0 Å². The smallest absolute Gasteiger partial charge is 0.240 e. The third kappa shape index (κ3) is 2.61. The monoisotopic (exact) mass is 220 g/mol. The fourth-order valence-corrected chi connectivity index (χ4v) is 1.71. The van der Waals surface area contributed by atoms with Crippen LogP contribution >= 0.6 is 0 Å². The number of nitrogens with zero attached hydrogens (tertiary/aromatic N) is 1. The lowest BCUT2D eigenvalue weighted by Gasteiger charge is -2.20. The summed E-state index contributed by atoms with van der Waals surface area (Å²) in [5, 5.41) is 2.87. The summed E-state index contributed by atoms with van der Waals surface area (Å²) in [6.07, 6.45) is 0. The Kier molecular flexibility index (Phi) is 4.07. The maximum atomic E-state index is 11.8. The molecule has 0 saturated carbocycles. The maximum absolute atomic E-state index is 11.8. The van der Waals surface area contributed by atoms with Gasteiger partial charge >= 0.3 is 0 Å². The first-order valence-corrected chi connectivity index (χ1v) is 5.46. The fraction of sp³-hybridized carbons (Fsp3) is 0.462. The van der Waals surface area contributed by atoms with Gasteiger partial charge in [-0.1, -0.05) is 6.07 Å². The summed E-state index contributed by atoms with van der Waals surface area (Å²) >= 11 is 0. The summed E-state index contributed by atoms with van der Waals surface area (Å²) in [4.78, 5) is 13.5. The Morgan fingerprint density at radius 3 is 2.31 bits per heavy atom. The van der Waals surface area contributed by atoms with Crippen LogP contribution in [0, 0.1) is 20.8 Å². The molecular weight excluding hydrogens is 200 g/mol. The normalized spacial score (nSPS) is 10.3. The van der Waals surface area contributed by atoms with Gasteiger partial charge in [-0.2, -0.15) is 0 Å². The SMILES string of the molecule is CNCC(=O)N(C)c1cc(C)c(C)cc1C. The number of nitrogens with one attached hydrogen (secondary N) is 1. The number of hydrogen-bond acceptors (Lipinski definition) is 2. The molecule has 0 atom stereocenters. The van der Waals surface area contributed by atoms with Gasteiger partial charge in [-0.3, -0.25) is 4.79 Å². The van der Waals surface area contributed by atoms with Crippen LogP contribution in [0.2, 0.25) is 0 Å². The Labute approximate surface area is 97.5 Å². The van der Waals surface area contributed by atoms with E-state index in [9.17, 15) is 4.79 Å². The van der Waals surface area contributed by atoms with Crippen LogP contribution in [-0.2, 0) is 4.79 Å². The molecule has 0 radical (unpaired) electrons. The van der Waals surface area contributed by atoms with Crippen molar-refractivity contribution in [3.05, 3.63) is 28.8 Å². The molecule has 0 spiro atoms. The van der Waals surface area contributed by atoms with Crippen molar-refractivity contribution >= 4 is 11.6 Å². The van der Waals surface area contributed by atoms with E-state index in [0.717, 1.165) is 11.3 Å². The number of rotatable bonds is 3. The standard InChI is InChI=1S/C13H20N2O/c1-9-6-11(3)12(7-10(9)2)15(5)13(16)8-14-4/h6-7,14H,8H2,1-5H3. The first-order valence-electron chi connectivity index (χ1n) is 5.46. The molecule has 1 aromatic carbocycles. The first-order chi connectivity index (χ1) is 7.47. The minimum atomic E-state index is 0.0776. The van der Waals surface area contributed by atoms with Crippen LogP contribution < -0.4 is 10.2 Å². The number of carbonyl (C=O) groups excluding carboxylic acids is 1. The first kappa shape index (κ1) is 12.7. The number of hydrogen-bond donors (Lipinski definition) is 1. The largest absolute Gasteiger partial charge is 0.314 e. The highest BCUT2D eigenvalue weighted by Crippen LogP contribution is 2.23. The third-order valence-electron chi connectivity index (χ3n) is 2.88. The van der Waals surface area contributed by atoms with Crippen molar-refractivity contribution in [2.45, 2.75) is 20.8 Å². The molecule has 0 unspecified atom stereocenters. The zero-order valence-electron chi connectivity index (χ0n) is 10.7. The van der Waals surface area contributed by atoms with Crippen LogP contribution in [0.15, 0.2) is 12.1 Å². The van der Waals surface area contributed by atoms with Gasteiger partial charge in [0, 0.05) is 12.7 Å². The van der Waals surface area contributed by atoms with Crippen LogP contribution in [0.25, 0.3) is 0 Å². The van der Waals surface area contributed by atoms with Gasteiger partial charge < -0.3 is 10.2 Å². The molecule has 1 aromatic rings. The second kappa shape index (κ2) is 5.12. The lowest BCUT2D eigenvalue weighted by molar-refractivity contribution is -0.117. The highest BCUT2D eigenvalue weighted by Gasteiger charge is 2.12. The molecule has 0 aromatic heterocycles. The lowest BCUT2D eigenvalue weighted by atomic mass is 10.0. The van der Waals surface area contributed by atoms with E-state index < -0.39 is 0 Å². The average molecular weight is 220 g/mol. The van der Waals surface area contributed by atoms with Crippen LogP contribution in [0.5, 0.6) is 0 Å². The molecule has 0 aliphatic heterocycles. The molecule has 1 rings (SSSR count). The molecule has 3 nitrogen and oxygen atoms in total. The van der Waals surface area contributed by atoms with E-state index in [1.807, 2.05) is 14.0 Å². The minimum Gasteiger partial charge on any atom is -0.314 e. The van der Waals surface area contributed by atoms with Crippen molar-refractivity contribution in [2.75, 3.05) is 25.5 Å². The number of aryl methyl sites for hydroxylation is 3. The maximum Gasteiger partial charge on any atom is 0.240 e. The Hall–Kier alpha value is -1.35. The second-order valence-electron chi connectivity index (χ2n) is 4.21. The Morgan fingerprint density at radius 1 is 1.19 bits per heavy atom. The summed E-state index contributed by atoms with van der Waals surface area (Å²) in [7, 11) is 3.59. The van der Waals surface area contributed by atoms with Gasteiger partial charge in [-0.05, 0) is 50.6 Å². The molecule has 1 amide bonds. The quantitative estimate of drug-likeness (QED) is 0.842. The van der Waals surface area contributed by atoms with Crippen molar-refractivity contribution in [1.82, 2.24) is 5.32 Å². The molecule has 0 heterocycles. The van der Waals surface area contributed by atoms with Crippen molar-refractivity contribution in [3.63, 3.8) is 0 Å². The number of likely N-dealkylation sites (N-methyl/N-ethyl adjacent to an activating group) is 2. The summed E-state index contributed by atoms with van der Waals surface area (Å²) < 4.78 is 0. The summed E-state index contributed by atoms with van der Waals surface area (Å²) in [5.41, 5.74) is 4.60. The van der Waals surface area contributed by atoms with E-state index in [-0.39, 0.29) is 5.91 Å². The molecule has 16 heavy (non-hydrogen) atoms. The third-order valence-corrected chi connectivity index (χ3v) is 2.88. The predicted molar refractivity (Wildman–Crippen MR) is 68.0 cm³/mol. The van der Waals surface area contributed by atoms with Crippen molar-refractivity contribution in [3.8, 4) is 0 Å². The van der Waals surface area contributed by atoms with Crippen LogP contribution in [0.3, 0.4) is 0 Å². The number of amides is 1. The molecule has 0 saturated heterocycles. The van der Waals surface area contributed by atoms with Crippen LogP contribution in [0.1, 0.15) is 16.7 Å². The van der Waals surface area contributed by atoms with Gasteiger partial charge in [0.2, 0.25) is 5.91 Å². The zero-order valence-corrected chi connectivity index (χ0v) is 10.7. The molecule has 0 bridgehead atoms. The lowest BCUT2D eigenvalue weighted by Crippen LogP contribution is -2.34. The molecule has 0 aliphatic carbocycles. The molecule has 0 aliphatic rings. The van der Waals surface area contributed by atoms with Crippen LogP contribution in [0.4, 0.5) is 5.69 Å². The van der Waals surface area contributed by atoms with E-state index in [1.165, 1.54) is 11.1 Å². The number of carbonyl (C=O) groups is 1. The van der Waals surface area contributed by atoms with E-state index in [4.69, 9.17) is 0 Å². The van der Waals surface area contributed by atoms with Gasteiger partial charge in [-0.15, -0.1) is 0 Å². The van der Waals surface area contributed by atoms with Crippen molar-refractivity contribution in [2.24, 2.45) is 0 Å². The van der Waals surface area contributed by atoms with E-state index in [1.54, 1.807) is 11.9 Å². The highest BCUT2D eigenvalue weighted by molar-refractivity contribution is 5.95. The predicted octanol–water partition coefficient (Wildman–Crippen LogP) is 1.79. The Bertz CT molecular complexity index is 399. The van der Waals surface area contributed by atoms with E-state index >= 15 is 0 Å². The summed E-state index contributed by atoms with van der Waals surface area (Å²) in [6, 6.07) is 4.19. The molecular formula is C13H20N2O. The second-order valence-corrected chi connectivity index (χ2v) is 4.21. The summed E-state index contributed by atoms with van der Waals surface area (Å²) in [6.45, 7) is 6.55. The van der Waals surface area contributed by atoms with E-state index in [2.05, 4.69) is 31.3 Å². The van der Waals surface area contributed by atoms with Gasteiger partial charge in [0.15, 0.2) is 0 Å². The molecule has 1 N–H and O–H groups in total. The van der Waals surface area contributed by atoms with Crippen LogP contribution in [-0.4, -0.2) is 26.5 Å². The Balaban J connectivity index is 3.04. The van der Waals surface area contributed by atoms with Crippen molar-refractivity contribution < 1.29 is 4.79 Å². The summed E-state index contributed by atoms with van der Waals surface area (Å²) in [5.74, 6) is 0.0776. The molecule has 3 heteroatoms. The van der Waals surface area contributed by atoms with Gasteiger partial charge in [0.25, 0.3) is 0 Å². The zero-order chi connectivity index (χ0) is 12.3. The van der Waals surface area contributed by atoms with E-state index in [0.29, 0.717) is 6.54 Å². The molecule has 88 valence electrons. The average Bonchev–Trinajstić information content (AvgIpc) is 2.23.